The number of rotatable bonds is 3. The van der Waals surface area contributed by atoms with E-state index >= 15 is 0 Å². The van der Waals surface area contributed by atoms with Gasteiger partial charge in [0.05, 0.1) is 5.41 Å². The van der Waals surface area contributed by atoms with Gasteiger partial charge in [0.1, 0.15) is 0 Å². The SMILES string of the molecule is C=C(C)[C@@H]1CC[C@]2(C(=O)O)CC[C@]3(C)[C@H](CC[C@@H]4[C@@]5(C)C=C(OC(C)=O)C(=O)C(C)(C)[C@@H]5CC[C@]43C)[C@@H]12. The van der Waals surface area contributed by atoms with E-state index in [-0.39, 0.29) is 45.5 Å². The molecule has 0 amide bonds. The van der Waals surface area contributed by atoms with Crippen LogP contribution in [0.15, 0.2) is 24.0 Å². The minimum Gasteiger partial charge on any atom is -0.481 e. The van der Waals surface area contributed by atoms with Gasteiger partial charge < -0.3 is 9.84 Å². The molecule has 5 aliphatic carbocycles. The Morgan fingerprint density at radius 1 is 0.919 bits per heavy atom. The van der Waals surface area contributed by atoms with Crippen molar-refractivity contribution in [3.8, 4) is 0 Å². The molecule has 5 nitrogen and oxygen atoms in total. The number of carboxylic acid groups (broad SMARTS) is 1. The van der Waals surface area contributed by atoms with Gasteiger partial charge in [0.2, 0.25) is 5.78 Å². The molecule has 0 saturated heterocycles. The molecule has 0 unspecified atom stereocenters. The van der Waals surface area contributed by atoms with Crippen LogP contribution in [0.4, 0.5) is 0 Å². The van der Waals surface area contributed by atoms with Gasteiger partial charge in [0.25, 0.3) is 0 Å². The minimum atomic E-state index is -0.625. The number of carbonyl (C=O) groups is 3. The van der Waals surface area contributed by atoms with Gasteiger partial charge in [0.15, 0.2) is 5.76 Å². The molecule has 4 fully saturated rings. The first kappa shape index (κ1) is 26.7. The lowest BCUT2D eigenvalue weighted by molar-refractivity contribution is -0.222. The van der Waals surface area contributed by atoms with Crippen LogP contribution in [-0.2, 0) is 19.1 Å². The fourth-order valence-electron chi connectivity index (χ4n) is 11.2. The van der Waals surface area contributed by atoms with Crippen LogP contribution in [-0.4, -0.2) is 22.8 Å². The fraction of sp³-hybridized carbons (Fsp3) is 0.781. The van der Waals surface area contributed by atoms with E-state index in [4.69, 9.17) is 4.74 Å². The van der Waals surface area contributed by atoms with Gasteiger partial charge in [-0.1, -0.05) is 46.8 Å². The summed E-state index contributed by atoms with van der Waals surface area (Å²) in [6.07, 6.45) is 9.40. The Hall–Kier alpha value is -1.91. The van der Waals surface area contributed by atoms with Crippen LogP contribution in [0.3, 0.4) is 0 Å². The summed E-state index contributed by atoms with van der Waals surface area (Å²) in [5.41, 5.74) is -0.348. The third-order valence-electron chi connectivity index (χ3n) is 13.0. The highest BCUT2D eigenvalue weighted by atomic mass is 16.5. The van der Waals surface area contributed by atoms with Crippen LogP contribution in [0, 0.1) is 56.7 Å². The summed E-state index contributed by atoms with van der Waals surface area (Å²) in [6.45, 7) is 19.1. The molecule has 204 valence electrons. The van der Waals surface area contributed by atoms with Gasteiger partial charge in [0, 0.05) is 12.3 Å². The number of fused-ring (bicyclic) bond motifs is 7. The first-order valence-electron chi connectivity index (χ1n) is 14.4. The van der Waals surface area contributed by atoms with E-state index in [1.165, 1.54) is 6.92 Å². The van der Waals surface area contributed by atoms with Crippen LogP contribution in [0.5, 0.6) is 0 Å². The zero-order valence-electron chi connectivity index (χ0n) is 23.9. The Kier molecular flexibility index (Phi) is 5.81. The first-order valence-corrected chi connectivity index (χ1v) is 14.4. The van der Waals surface area contributed by atoms with Crippen molar-refractivity contribution >= 4 is 17.7 Å². The van der Waals surface area contributed by atoms with Crippen molar-refractivity contribution in [3.63, 3.8) is 0 Å². The van der Waals surface area contributed by atoms with Crippen molar-refractivity contribution in [3.05, 3.63) is 24.0 Å². The van der Waals surface area contributed by atoms with Crippen molar-refractivity contribution in [2.75, 3.05) is 0 Å². The highest BCUT2D eigenvalue weighted by molar-refractivity contribution is 6.00. The molecule has 0 spiro atoms. The maximum atomic E-state index is 13.4. The van der Waals surface area contributed by atoms with Gasteiger partial charge in [-0.2, -0.15) is 0 Å². The van der Waals surface area contributed by atoms with Crippen LogP contribution >= 0.6 is 0 Å². The molecule has 0 aliphatic heterocycles. The smallest absolute Gasteiger partial charge is 0.309 e. The third kappa shape index (κ3) is 3.24. The number of aliphatic carboxylic acids is 1. The van der Waals surface area contributed by atoms with Crippen LogP contribution in [0.2, 0.25) is 0 Å². The van der Waals surface area contributed by atoms with Crippen LogP contribution in [0.25, 0.3) is 0 Å². The predicted octanol–water partition coefficient (Wildman–Crippen LogP) is 6.96. The second kappa shape index (κ2) is 8.05. The summed E-state index contributed by atoms with van der Waals surface area (Å²) in [5.74, 6) is 0.381. The largest absolute Gasteiger partial charge is 0.481 e. The summed E-state index contributed by atoms with van der Waals surface area (Å²) >= 11 is 0. The summed E-state index contributed by atoms with van der Waals surface area (Å²) in [5, 5.41) is 10.5. The number of Topliss-reactive ketones (excluding diaryl/α,β-unsaturated/α-hetero) is 1. The molecule has 5 heteroatoms. The Morgan fingerprint density at radius 2 is 1.59 bits per heavy atom. The molecular weight excluding hydrogens is 464 g/mol. The topological polar surface area (TPSA) is 80.7 Å². The summed E-state index contributed by atoms with van der Waals surface area (Å²) in [4.78, 5) is 38.2. The normalized spacial score (nSPS) is 48.0. The Balaban J connectivity index is 1.61. The molecule has 0 aromatic carbocycles. The van der Waals surface area contributed by atoms with Crippen molar-refractivity contribution in [2.45, 2.75) is 99.8 Å². The molecule has 0 aromatic rings. The Labute approximate surface area is 222 Å². The van der Waals surface area contributed by atoms with Gasteiger partial charge in [-0.3, -0.25) is 14.4 Å². The average molecular weight is 511 g/mol. The van der Waals surface area contributed by atoms with E-state index < -0.39 is 22.8 Å². The lowest BCUT2D eigenvalue weighted by atomic mass is 9.33. The molecule has 4 saturated carbocycles. The lowest BCUT2D eigenvalue weighted by Gasteiger charge is -2.71. The highest BCUT2D eigenvalue weighted by Gasteiger charge is 2.72. The lowest BCUT2D eigenvalue weighted by Crippen LogP contribution is -2.66. The van der Waals surface area contributed by atoms with Gasteiger partial charge in [-0.25, -0.2) is 0 Å². The van der Waals surface area contributed by atoms with Crippen LogP contribution < -0.4 is 0 Å². The Morgan fingerprint density at radius 3 is 2.19 bits per heavy atom. The molecular formula is C32H46O5. The number of carboxylic acids is 1. The minimum absolute atomic E-state index is 0.00233. The summed E-state index contributed by atoms with van der Waals surface area (Å²) in [6, 6.07) is 0. The second-order valence-corrected chi connectivity index (χ2v) is 14.7. The summed E-state index contributed by atoms with van der Waals surface area (Å²) in [7, 11) is 0. The van der Waals surface area contributed by atoms with Gasteiger partial charge in [-0.15, -0.1) is 0 Å². The molecule has 5 aliphatic rings. The molecule has 0 radical (unpaired) electrons. The van der Waals surface area contributed by atoms with E-state index in [1.54, 1.807) is 0 Å². The molecule has 0 bridgehead atoms. The fourth-order valence-corrected chi connectivity index (χ4v) is 11.2. The van der Waals surface area contributed by atoms with Crippen molar-refractivity contribution < 1.29 is 24.2 Å². The van der Waals surface area contributed by atoms with E-state index in [1.807, 2.05) is 19.9 Å². The number of ether oxygens (including phenoxy) is 1. The number of hydrogen-bond donors (Lipinski definition) is 1. The molecule has 37 heavy (non-hydrogen) atoms. The number of carbonyl (C=O) groups excluding carboxylic acids is 2. The van der Waals surface area contributed by atoms with E-state index in [0.717, 1.165) is 56.9 Å². The van der Waals surface area contributed by atoms with Crippen molar-refractivity contribution in [1.82, 2.24) is 0 Å². The molecule has 9 atom stereocenters. The monoisotopic (exact) mass is 510 g/mol. The number of esters is 1. The zero-order valence-corrected chi connectivity index (χ0v) is 23.9. The third-order valence-corrected chi connectivity index (χ3v) is 13.0. The first-order chi connectivity index (χ1) is 17.1. The van der Waals surface area contributed by atoms with Crippen molar-refractivity contribution in [2.24, 2.45) is 56.7 Å². The predicted molar refractivity (Wildman–Crippen MR) is 142 cm³/mol. The molecule has 1 N–H and O–H groups in total. The van der Waals surface area contributed by atoms with E-state index in [0.29, 0.717) is 11.8 Å². The number of hydrogen-bond acceptors (Lipinski definition) is 4. The van der Waals surface area contributed by atoms with Crippen LogP contribution in [0.1, 0.15) is 99.8 Å². The number of allylic oxidation sites excluding steroid dienone is 3. The average Bonchev–Trinajstić information content (AvgIpc) is 3.19. The van der Waals surface area contributed by atoms with E-state index in [2.05, 4.69) is 34.3 Å². The van der Waals surface area contributed by atoms with Gasteiger partial charge in [-0.05, 0) is 110 Å². The molecule has 5 rings (SSSR count). The Bertz CT molecular complexity index is 1100. The number of ketones is 1. The standard InChI is InChI=1S/C32H46O5/c1-18(2)20-11-14-32(27(35)36)16-15-30(7)21(25(20)32)9-10-24-29(6)17-22(37-19(3)33)26(34)28(4,5)23(29)12-13-31(24,30)8/h17,20-21,23-25H,1,9-16H2,2-8H3,(H,35,36)/t20-,21+,23-,24+,25+,29-,30+,31+,32-/m0/s1. The molecule has 0 aromatic heterocycles. The van der Waals surface area contributed by atoms with Crippen molar-refractivity contribution in [1.29, 1.82) is 0 Å². The summed E-state index contributed by atoms with van der Waals surface area (Å²) < 4.78 is 5.53. The molecule has 0 heterocycles. The maximum absolute atomic E-state index is 13.4. The maximum Gasteiger partial charge on any atom is 0.309 e. The van der Waals surface area contributed by atoms with E-state index in [9.17, 15) is 19.5 Å². The van der Waals surface area contributed by atoms with Gasteiger partial charge >= 0.3 is 11.9 Å². The highest BCUT2D eigenvalue weighted by Crippen LogP contribution is 2.77. The quantitative estimate of drug-likeness (QED) is 0.328. The zero-order chi connectivity index (χ0) is 27.3. The second-order valence-electron chi connectivity index (χ2n) is 14.7.